The fraction of sp³-hybridized carbons (Fsp3) is 1.00. The number of rotatable bonds is 4. The first kappa shape index (κ1) is 13.2. The first-order valence-corrected chi connectivity index (χ1v) is 7.60. The van der Waals surface area contributed by atoms with E-state index in [0.29, 0.717) is 12.5 Å². The zero-order valence-corrected chi connectivity index (χ0v) is 11.2. The second-order valence-electron chi connectivity index (χ2n) is 4.75. The summed E-state index contributed by atoms with van der Waals surface area (Å²) in [5, 5.41) is 0. The van der Waals surface area contributed by atoms with Crippen molar-refractivity contribution in [3.8, 4) is 0 Å². The Hall–Kier alpha value is 0.110. The van der Waals surface area contributed by atoms with Crippen LogP contribution in [0.2, 0.25) is 0 Å². The minimum Gasteiger partial charge on any atom is -0.317 e. The topological polar surface area (TPSA) is 32.8 Å². The molecule has 0 bridgehead atoms. The molecule has 1 rings (SSSR count). The van der Waals surface area contributed by atoms with E-state index in [9.17, 15) is 4.57 Å². The Bertz CT molecular complexity index is 238. The number of hydrogen-bond acceptors (Lipinski definition) is 3. The molecule has 15 heavy (non-hydrogen) atoms. The summed E-state index contributed by atoms with van der Waals surface area (Å²) in [5.74, 6) is 0.436. The molecule has 0 N–H and O–H groups in total. The highest BCUT2D eigenvalue weighted by Gasteiger charge is 2.28. The van der Waals surface area contributed by atoms with Gasteiger partial charge in [0.05, 0.1) is 6.61 Å². The smallest absolute Gasteiger partial charge is 0.269 e. The predicted octanol–water partition coefficient (Wildman–Crippen LogP) is 1.73. The molecule has 1 aliphatic heterocycles. The standard InChI is InChI=1S/C10H23N2O2P/c1-10(2)9-14-15(4,13)12-7-5-11(3)6-8-12/h10H,5-9H2,1-4H3. The Morgan fingerprint density at radius 1 is 1.27 bits per heavy atom. The van der Waals surface area contributed by atoms with Gasteiger partial charge in [0.25, 0.3) is 7.52 Å². The van der Waals surface area contributed by atoms with Crippen LogP contribution in [0.5, 0.6) is 0 Å². The summed E-state index contributed by atoms with van der Waals surface area (Å²) < 4.78 is 19.8. The minimum atomic E-state index is -2.54. The van der Waals surface area contributed by atoms with Crippen LogP contribution < -0.4 is 0 Å². The van der Waals surface area contributed by atoms with E-state index in [1.807, 2.05) is 4.67 Å². The zero-order chi connectivity index (χ0) is 11.5. The van der Waals surface area contributed by atoms with Crippen LogP contribution in [0, 0.1) is 5.92 Å². The van der Waals surface area contributed by atoms with Crippen LogP contribution in [0.3, 0.4) is 0 Å². The van der Waals surface area contributed by atoms with Gasteiger partial charge >= 0.3 is 0 Å². The molecule has 1 atom stereocenters. The summed E-state index contributed by atoms with van der Waals surface area (Å²) in [7, 11) is -0.451. The van der Waals surface area contributed by atoms with Gasteiger partial charge in [-0.25, -0.2) is 4.67 Å². The zero-order valence-electron chi connectivity index (χ0n) is 10.3. The van der Waals surface area contributed by atoms with Crippen LogP contribution in [0.25, 0.3) is 0 Å². The molecule has 5 heteroatoms. The lowest BCUT2D eigenvalue weighted by Gasteiger charge is -2.35. The monoisotopic (exact) mass is 234 g/mol. The minimum absolute atomic E-state index is 0.436. The highest BCUT2D eigenvalue weighted by molar-refractivity contribution is 7.55. The quantitative estimate of drug-likeness (QED) is 0.693. The summed E-state index contributed by atoms with van der Waals surface area (Å²) in [6.07, 6.45) is 0. The van der Waals surface area contributed by atoms with Crippen LogP contribution in [0.15, 0.2) is 0 Å². The third-order valence-corrected chi connectivity index (χ3v) is 4.70. The second-order valence-corrected chi connectivity index (χ2v) is 7.18. The molecule has 0 aromatic heterocycles. The van der Waals surface area contributed by atoms with E-state index in [1.54, 1.807) is 6.66 Å². The molecule has 0 saturated carbocycles. The fourth-order valence-electron chi connectivity index (χ4n) is 1.53. The predicted molar refractivity (Wildman–Crippen MR) is 63.4 cm³/mol. The van der Waals surface area contributed by atoms with Crippen molar-refractivity contribution >= 4 is 7.52 Å². The number of likely N-dealkylation sites (N-methyl/N-ethyl adjacent to an activating group) is 1. The molecule has 4 nitrogen and oxygen atoms in total. The van der Waals surface area contributed by atoms with Crippen LogP contribution >= 0.6 is 7.52 Å². The van der Waals surface area contributed by atoms with Crippen molar-refractivity contribution in [2.75, 3.05) is 46.5 Å². The van der Waals surface area contributed by atoms with E-state index in [0.717, 1.165) is 26.2 Å². The van der Waals surface area contributed by atoms with Gasteiger partial charge in [0, 0.05) is 32.8 Å². The highest BCUT2D eigenvalue weighted by atomic mass is 31.2. The van der Waals surface area contributed by atoms with Crippen LogP contribution in [0.1, 0.15) is 13.8 Å². The van der Waals surface area contributed by atoms with E-state index in [2.05, 4.69) is 25.8 Å². The molecule has 0 spiro atoms. The van der Waals surface area contributed by atoms with E-state index in [1.165, 1.54) is 0 Å². The number of nitrogens with zero attached hydrogens (tertiary/aromatic N) is 2. The molecule has 1 saturated heterocycles. The van der Waals surface area contributed by atoms with E-state index < -0.39 is 7.52 Å². The van der Waals surface area contributed by atoms with Gasteiger partial charge in [-0.2, -0.15) is 0 Å². The van der Waals surface area contributed by atoms with Gasteiger partial charge in [0.15, 0.2) is 0 Å². The van der Waals surface area contributed by atoms with Gasteiger partial charge in [0.1, 0.15) is 0 Å². The van der Waals surface area contributed by atoms with Gasteiger partial charge in [-0.05, 0) is 13.0 Å². The summed E-state index contributed by atoms with van der Waals surface area (Å²) in [5.41, 5.74) is 0. The third kappa shape index (κ3) is 4.23. The lowest BCUT2D eigenvalue weighted by molar-refractivity contribution is 0.182. The summed E-state index contributed by atoms with van der Waals surface area (Å²) >= 11 is 0. The van der Waals surface area contributed by atoms with Crippen molar-refractivity contribution in [3.05, 3.63) is 0 Å². The van der Waals surface area contributed by atoms with Gasteiger partial charge in [0.2, 0.25) is 0 Å². The normalized spacial score (nSPS) is 24.3. The Balaban J connectivity index is 2.43. The Morgan fingerprint density at radius 3 is 2.27 bits per heavy atom. The van der Waals surface area contributed by atoms with Crippen molar-refractivity contribution in [1.29, 1.82) is 0 Å². The van der Waals surface area contributed by atoms with Crippen LogP contribution in [-0.4, -0.2) is 56.1 Å². The summed E-state index contributed by atoms with van der Waals surface area (Å²) in [4.78, 5) is 2.25. The molecule has 1 aliphatic rings. The fourth-order valence-corrected chi connectivity index (χ4v) is 3.17. The third-order valence-electron chi connectivity index (χ3n) is 2.64. The summed E-state index contributed by atoms with van der Waals surface area (Å²) in [6.45, 7) is 10.1. The average molecular weight is 234 g/mol. The van der Waals surface area contributed by atoms with Gasteiger partial charge in [-0.3, -0.25) is 4.57 Å². The first-order valence-electron chi connectivity index (χ1n) is 5.58. The van der Waals surface area contributed by atoms with Crippen molar-refractivity contribution in [3.63, 3.8) is 0 Å². The molecular formula is C10H23N2O2P. The van der Waals surface area contributed by atoms with Crippen molar-refractivity contribution in [2.45, 2.75) is 13.8 Å². The Morgan fingerprint density at radius 2 is 1.80 bits per heavy atom. The van der Waals surface area contributed by atoms with Crippen molar-refractivity contribution < 1.29 is 9.09 Å². The molecule has 0 aliphatic carbocycles. The molecule has 0 amide bonds. The molecule has 1 unspecified atom stereocenters. The van der Waals surface area contributed by atoms with Crippen molar-refractivity contribution in [2.24, 2.45) is 5.92 Å². The Kier molecular flexibility index (Phi) is 4.78. The maximum Gasteiger partial charge on any atom is 0.269 e. The lowest BCUT2D eigenvalue weighted by atomic mass is 10.2. The lowest BCUT2D eigenvalue weighted by Crippen LogP contribution is -2.42. The molecule has 1 heterocycles. The van der Waals surface area contributed by atoms with Crippen molar-refractivity contribution in [1.82, 2.24) is 9.57 Å². The first-order chi connectivity index (χ1) is 6.92. The number of hydrogen-bond donors (Lipinski definition) is 0. The molecule has 90 valence electrons. The molecule has 1 fully saturated rings. The van der Waals surface area contributed by atoms with E-state index >= 15 is 0 Å². The molecule has 0 aromatic rings. The molecule has 0 aromatic carbocycles. The molecule has 0 radical (unpaired) electrons. The molecular weight excluding hydrogens is 211 g/mol. The van der Waals surface area contributed by atoms with Gasteiger partial charge in [-0.15, -0.1) is 0 Å². The second kappa shape index (κ2) is 5.44. The maximum atomic E-state index is 12.3. The highest BCUT2D eigenvalue weighted by Crippen LogP contribution is 2.47. The van der Waals surface area contributed by atoms with E-state index in [-0.39, 0.29) is 0 Å². The SMILES string of the molecule is CC(C)COP(C)(=O)N1CCN(C)CC1. The van der Waals surface area contributed by atoms with Gasteiger partial charge < -0.3 is 9.42 Å². The Labute approximate surface area is 93.1 Å². The van der Waals surface area contributed by atoms with Crippen LogP contribution in [0.4, 0.5) is 0 Å². The van der Waals surface area contributed by atoms with Gasteiger partial charge in [-0.1, -0.05) is 13.8 Å². The van der Waals surface area contributed by atoms with Crippen LogP contribution in [-0.2, 0) is 9.09 Å². The average Bonchev–Trinajstić information content (AvgIpc) is 2.16. The van der Waals surface area contributed by atoms with E-state index in [4.69, 9.17) is 4.52 Å². The maximum absolute atomic E-state index is 12.3. The number of piperazine rings is 1. The largest absolute Gasteiger partial charge is 0.317 e. The summed E-state index contributed by atoms with van der Waals surface area (Å²) in [6, 6.07) is 0.